The van der Waals surface area contributed by atoms with Gasteiger partial charge in [-0.25, -0.2) is 8.42 Å². The van der Waals surface area contributed by atoms with E-state index in [1.165, 1.54) is 10.7 Å². The van der Waals surface area contributed by atoms with Crippen LogP contribution in [0.1, 0.15) is 23.6 Å². The molecule has 126 valence electrons. The molecule has 1 atom stereocenters. The number of halogens is 1. The lowest BCUT2D eigenvalue weighted by atomic mass is 9.99. The Balaban J connectivity index is 2.03. The highest BCUT2D eigenvalue weighted by atomic mass is 79.9. The lowest BCUT2D eigenvalue weighted by Gasteiger charge is -2.21. The molecule has 0 saturated carbocycles. The van der Waals surface area contributed by atoms with Crippen molar-refractivity contribution in [3.8, 4) is 5.75 Å². The first kappa shape index (κ1) is 17.0. The van der Waals surface area contributed by atoms with Crippen LogP contribution in [0.3, 0.4) is 0 Å². The Hall–Kier alpha value is -1.86. The van der Waals surface area contributed by atoms with Gasteiger partial charge in [-0.3, -0.25) is 0 Å². The molecule has 3 rings (SSSR count). The predicted molar refractivity (Wildman–Crippen MR) is 97.7 cm³/mol. The second-order valence-corrected chi connectivity index (χ2v) is 8.31. The van der Waals surface area contributed by atoms with Gasteiger partial charge in [0.1, 0.15) is 5.75 Å². The summed E-state index contributed by atoms with van der Waals surface area (Å²) in [5.74, 6) is 0.682. The standard InChI is InChI=1S/C17H17BrN2O3S/c1-23-17-6-4-3-5-14(17)15-11-16(20(19-15)24(2,21)22)12-7-9-13(18)10-8-12/h3-10,16H,11H2,1-2H3/t16-/m0/s1. The SMILES string of the molecule is COc1ccccc1C1=NN(S(C)(=O)=O)[C@H](c2ccc(Br)cc2)C1. The summed E-state index contributed by atoms with van der Waals surface area (Å²) in [6.45, 7) is 0. The fraction of sp³-hybridized carbons (Fsp3) is 0.235. The van der Waals surface area contributed by atoms with E-state index in [0.717, 1.165) is 15.6 Å². The van der Waals surface area contributed by atoms with Crippen LogP contribution < -0.4 is 4.74 Å². The highest BCUT2D eigenvalue weighted by Crippen LogP contribution is 2.36. The molecule has 0 bridgehead atoms. The van der Waals surface area contributed by atoms with Crippen LogP contribution in [0, 0.1) is 0 Å². The molecule has 1 aliphatic rings. The Morgan fingerprint density at radius 3 is 2.46 bits per heavy atom. The Morgan fingerprint density at radius 2 is 1.83 bits per heavy atom. The number of para-hydroxylation sites is 1. The molecular formula is C17H17BrN2O3S. The molecule has 0 amide bonds. The quantitative estimate of drug-likeness (QED) is 0.776. The van der Waals surface area contributed by atoms with Crippen molar-refractivity contribution in [2.45, 2.75) is 12.5 Å². The maximum atomic E-state index is 12.2. The molecule has 1 heterocycles. The van der Waals surface area contributed by atoms with E-state index < -0.39 is 10.0 Å². The monoisotopic (exact) mass is 408 g/mol. The lowest BCUT2D eigenvalue weighted by Crippen LogP contribution is -2.25. The van der Waals surface area contributed by atoms with E-state index in [9.17, 15) is 8.42 Å². The van der Waals surface area contributed by atoms with E-state index in [4.69, 9.17) is 4.74 Å². The average molecular weight is 409 g/mol. The number of benzene rings is 2. The van der Waals surface area contributed by atoms with Crippen LogP contribution in [0.2, 0.25) is 0 Å². The smallest absolute Gasteiger partial charge is 0.247 e. The maximum Gasteiger partial charge on any atom is 0.247 e. The summed E-state index contributed by atoms with van der Waals surface area (Å²) in [6, 6.07) is 14.8. The molecule has 0 N–H and O–H groups in total. The van der Waals surface area contributed by atoms with Crippen LogP contribution in [0.4, 0.5) is 0 Å². The van der Waals surface area contributed by atoms with Crippen molar-refractivity contribution < 1.29 is 13.2 Å². The van der Waals surface area contributed by atoms with E-state index in [0.29, 0.717) is 17.9 Å². The van der Waals surface area contributed by atoms with Crippen LogP contribution in [-0.2, 0) is 10.0 Å². The van der Waals surface area contributed by atoms with Gasteiger partial charge in [-0.2, -0.15) is 9.52 Å². The van der Waals surface area contributed by atoms with Crippen molar-refractivity contribution in [1.82, 2.24) is 4.41 Å². The largest absolute Gasteiger partial charge is 0.496 e. The van der Waals surface area contributed by atoms with Gasteiger partial charge >= 0.3 is 0 Å². The first-order valence-corrected chi connectivity index (χ1v) is 10.00. The number of nitrogens with zero attached hydrogens (tertiary/aromatic N) is 2. The second kappa shape index (κ2) is 6.57. The summed E-state index contributed by atoms with van der Waals surface area (Å²) in [7, 11) is -1.89. The summed E-state index contributed by atoms with van der Waals surface area (Å²) in [5, 5.41) is 4.39. The fourth-order valence-corrected chi connectivity index (χ4v) is 3.94. The topological polar surface area (TPSA) is 59.0 Å². The van der Waals surface area contributed by atoms with Crippen LogP contribution in [0.25, 0.3) is 0 Å². The molecule has 2 aromatic rings. The van der Waals surface area contributed by atoms with Crippen molar-refractivity contribution in [3.05, 3.63) is 64.1 Å². The lowest BCUT2D eigenvalue weighted by molar-refractivity contribution is 0.375. The molecule has 0 aliphatic carbocycles. The fourth-order valence-electron chi connectivity index (χ4n) is 2.77. The van der Waals surface area contributed by atoms with Gasteiger partial charge in [0.15, 0.2) is 0 Å². The van der Waals surface area contributed by atoms with Crippen LogP contribution in [0.15, 0.2) is 58.1 Å². The van der Waals surface area contributed by atoms with E-state index in [-0.39, 0.29) is 6.04 Å². The number of ether oxygens (including phenoxy) is 1. The van der Waals surface area contributed by atoms with E-state index in [1.807, 2.05) is 48.5 Å². The minimum absolute atomic E-state index is 0.354. The minimum Gasteiger partial charge on any atom is -0.496 e. The molecule has 0 unspecified atom stereocenters. The van der Waals surface area contributed by atoms with Gasteiger partial charge in [-0.1, -0.05) is 40.2 Å². The first-order chi connectivity index (χ1) is 11.4. The van der Waals surface area contributed by atoms with E-state index in [1.54, 1.807) is 7.11 Å². The van der Waals surface area contributed by atoms with Crippen LogP contribution >= 0.6 is 15.9 Å². The third-order valence-corrected chi connectivity index (χ3v) is 5.43. The van der Waals surface area contributed by atoms with Crippen molar-refractivity contribution in [1.29, 1.82) is 0 Å². The highest BCUT2D eigenvalue weighted by molar-refractivity contribution is 9.10. The Morgan fingerprint density at radius 1 is 1.17 bits per heavy atom. The zero-order valence-electron chi connectivity index (χ0n) is 13.3. The highest BCUT2D eigenvalue weighted by Gasteiger charge is 2.35. The van der Waals surface area contributed by atoms with E-state index >= 15 is 0 Å². The third-order valence-electron chi connectivity index (χ3n) is 3.89. The van der Waals surface area contributed by atoms with Crippen molar-refractivity contribution in [2.24, 2.45) is 5.10 Å². The Kier molecular flexibility index (Phi) is 4.64. The summed E-state index contributed by atoms with van der Waals surface area (Å²) >= 11 is 3.40. The van der Waals surface area contributed by atoms with Crippen LogP contribution in [0.5, 0.6) is 5.75 Å². The summed E-state index contributed by atoms with van der Waals surface area (Å²) in [6.07, 6.45) is 1.67. The summed E-state index contributed by atoms with van der Waals surface area (Å²) in [4.78, 5) is 0. The van der Waals surface area contributed by atoms with Gasteiger partial charge in [0.25, 0.3) is 0 Å². The predicted octanol–water partition coefficient (Wildman–Crippen LogP) is 3.57. The van der Waals surface area contributed by atoms with Crippen molar-refractivity contribution in [3.63, 3.8) is 0 Å². The molecule has 2 aromatic carbocycles. The Bertz CT molecular complexity index is 879. The number of rotatable bonds is 4. The molecule has 0 radical (unpaired) electrons. The average Bonchev–Trinajstić information content (AvgIpc) is 3.01. The van der Waals surface area contributed by atoms with E-state index in [2.05, 4.69) is 21.0 Å². The van der Waals surface area contributed by atoms with Gasteiger partial charge in [0.05, 0.1) is 25.1 Å². The maximum absolute atomic E-state index is 12.2. The zero-order chi connectivity index (χ0) is 17.3. The van der Waals surface area contributed by atoms with Crippen LogP contribution in [-0.4, -0.2) is 31.9 Å². The molecule has 0 aromatic heterocycles. The number of hydrogen-bond donors (Lipinski definition) is 0. The molecule has 24 heavy (non-hydrogen) atoms. The Labute approximate surface area is 150 Å². The van der Waals surface area contributed by atoms with Crippen molar-refractivity contribution >= 4 is 31.7 Å². The number of hydrogen-bond acceptors (Lipinski definition) is 4. The second-order valence-electron chi connectivity index (χ2n) is 5.55. The zero-order valence-corrected chi connectivity index (χ0v) is 15.7. The molecule has 1 aliphatic heterocycles. The molecule has 0 saturated heterocycles. The number of methoxy groups -OCH3 is 1. The number of sulfonamides is 1. The summed E-state index contributed by atoms with van der Waals surface area (Å²) < 4.78 is 31.9. The molecule has 0 fully saturated rings. The normalized spacial score (nSPS) is 17.7. The van der Waals surface area contributed by atoms with Gasteiger partial charge in [0.2, 0.25) is 10.0 Å². The van der Waals surface area contributed by atoms with Gasteiger partial charge in [-0.05, 0) is 29.8 Å². The van der Waals surface area contributed by atoms with Gasteiger partial charge < -0.3 is 4.74 Å². The molecule has 0 spiro atoms. The molecule has 7 heteroatoms. The van der Waals surface area contributed by atoms with Gasteiger partial charge in [0, 0.05) is 16.5 Å². The minimum atomic E-state index is -3.48. The summed E-state index contributed by atoms with van der Waals surface area (Å²) in [5.41, 5.74) is 2.41. The molecular weight excluding hydrogens is 392 g/mol. The first-order valence-electron chi connectivity index (χ1n) is 7.36. The molecule has 5 nitrogen and oxygen atoms in total. The number of hydrazone groups is 1. The van der Waals surface area contributed by atoms with Crippen molar-refractivity contribution in [2.75, 3.05) is 13.4 Å². The third kappa shape index (κ3) is 3.32. The van der Waals surface area contributed by atoms with Gasteiger partial charge in [-0.15, -0.1) is 0 Å².